The lowest BCUT2D eigenvalue weighted by Crippen LogP contribution is -2.45. The Morgan fingerprint density at radius 1 is 1.28 bits per heavy atom. The number of pyridine rings is 1. The molecule has 2 aromatic heterocycles. The topological polar surface area (TPSA) is 118 Å². The third-order valence-electron chi connectivity index (χ3n) is 8.05. The van der Waals surface area contributed by atoms with Crippen LogP contribution < -0.4 is 10.6 Å². The summed E-state index contributed by atoms with van der Waals surface area (Å²) in [7, 11) is 1.88. The van der Waals surface area contributed by atoms with E-state index >= 15 is 0 Å². The van der Waals surface area contributed by atoms with E-state index in [1.54, 1.807) is 0 Å². The predicted octanol–water partition coefficient (Wildman–Crippen LogP) is 2.67. The molecule has 0 radical (unpaired) electrons. The summed E-state index contributed by atoms with van der Waals surface area (Å²) in [5.41, 5.74) is 4.71. The maximum atomic E-state index is 12.8. The summed E-state index contributed by atoms with van der Waals surface area (Å²) in [6.07, 6.45) is 10.8. The van der Waals surface area contributed by atoms with Crippen molar-refractivity contribution in [3.8, 4) is 0 Å². The lowest BCUT2D eigenvalue weighted by atomic mass is 9.79. The summed E-state index contributed by atoms with van der Waals surface area (Å²) >= 11 is 0. The fraction of sp³-hybridized carbons (Fsp3) is 0.630. The molecule has 9 heteroatoms. The number of aromatic nitrogens is 3. The van der Waals surface area contributed by atoms with Crippen molar-refractivity contribution in [3.63, 3.8) is 0 Å². The number of aryl methyl sites for hydroxylation is 4. The van der Waals surface area contributed by atoms with Crippen molar-refractivity contribution >= 4 is 17.7 Å². The van der Waals surface area contributed by atoms with Crippen LogP contribution in [0, 0.1) is 11.8 Å². The highest BCUT2D eigenvalue weighted by Gasteiger charge is 2.32. The SMILES string of the molecule is Cn1ncc2c1C[C@H](C(=O)NC(CCO[C@H]1C[C@H](CCc3ccc4c(n3)NCCC4)C1)C(=O)O)CC2. The van der Waals surface area contributed by atoms with Crippen LogP contribution in [0.2, 0.25) is 0 Å². The maximum Gasteiger partial charge on any atom is 0.326 e. The third-order valence-corrected chi connectivity index (χ3v) is 8.05. The molecule has 1 unspecified atom stereocenters. The summed E-state index contributed by atoms with van der Waals surface area (Å²) in [4.78, 5) is 29.3. The van der Waals surface area contributed by atoms with Crippen LogP contribution in [0.1, 0.15) is 61.0 Å². The molecule has 2 aliphatic carbocycles. The van der Waals surface area contributed by atoms with Crippen molar-refractivity contribution in [1.29, 1.82) is 0 Å². The molecule has 1 saturated carbocycles. The number of carboxylic acids is 1. The number of nitrogens with zero attached hydrogens (tertiary/aromatic N) is 3. The van der Waals surface area contributed by atoms with E-state index < -0.39 is 12.0 Å². The van der Waals surface area contributed by atoms with E-state index in [9.17, 15) is 14.7 Å². The number of rotatable bonds is 10. The minimum absolute atomic E-state index is 0.180. The number of carbonyl (C=O) groups is 2. The molecule has 3 N–H and O–H groups in total. The molecule has 3 heterocycles. The Morgan fingerprint density at radius 2 is 2.14 bits per heavy atom. The molecule has 194 valence electrons. The number of aliphatic carboxylic acids is 1. The molecule has 1 aliphatic heterocycles. The highest BCUT2D eigenvalue weighted by atomic mass is 16.5. The number of carboxylic acid groups (broad SMARTS) is 1. The van der Waals surface area contributed by atoms with Gasteiger partial charge in [-0.1, -0.05) is 6.07 Å². The van der Waals surface area contributed by atoms with Crippen LogP contribution in [0.25, 0.3) is 0 Å². The molecule has 2 atom stereocenters. The standard InChI is InChI=1S/C27H37N5O4/c1-32-24-15-19(5-6-20(24)16-29-32)26(33)31-23(27(34)35)10-12-36-22-13-17(14-22)4-8-21-9-7-18-3-2-11-28-25(18)30-21/h7,9,16-17,19,22-23H,2-6,8,10-15H2,1H3,(H,28,30)(H,31,33)(H,34,35)/t17-,19-,22-,23?/m1/s1. The van der Waals surface area contributed by atoms with Gasteiger partial charge in [0.2, 0.25) is 5.91 Å². The lowest BCUT2D eigenvalue weighted by Gasteiger charge is -2.35. The first kappa shape index (κ1) is 24.7. The molecular formula is C27H37N5O4. The molecular weight excluding hydrogens is 458 g/mol. The van der Waals surface area contributed by atoms with Crippen molar-refractivity contribution in [2.75, 3.05) is 18.5 Å². The van der Waals surface area contributed by atoms with Crippen LogP contribution >= 0.6 is 0 Å². The Hall–Kier alpha value is -2.94. The number of nitrogens with one attached hydrogen (secondary N) is 2. The van der Waals surface area contributed by atoms with Gasteiger partial charge in [-0.3, -0.25) is 9.48 Å². The summed E-state index contributed by atoms with van der Waals surface area (Å²) in [5, 5.41) is 20.0. The number of fused-ring (bicyclic) bond motifs is 2. The Morgan fingerprint density at radius 3 is 2.97 bits per heavy atom. The number of ether oxygens (including phenoxy) is 1. The third kappa shape index (κ3) is 5.72. The Balaban J connectivity index is 1.00. The molecule has 1 fully saturated rings. The minimum atomic E-state index is -1.01. The molecule has 0 saturated heterocycles. The van der Waals surface area contributed by atoms with Crippen LogP contribution in [0.15, 0.2) is 18.3 Å². The molecule has 1 amide bonds. The average molecular weight is 496 g/mol. The van der Waals surface area contributed by atoms with Gasteiger partial charge in [0.1, 0.15) is 11.9 Å². The second-order valence-corrected chi connectivity index (χ2v) is 10.6. The zero-order valence-electron chi connectivity index (χ0n) is 21.0. The molecule has 5 rings (SSSR count). The van der Waals surface area contributed by atoms with E-state index in [1.165, 1.54) is 17.5 Å². The zero-order valence-corrected chi connectivity index (χ0v) is 21.0. The summed E-state index contributed by atoms with van der Waals surface area (Å²) in [6, 6.07) is 3.44. The largest absolute Gasteiger partial charge is 0.480 e. The van der Waals surface area contributed by atoms with E-state index in [1.807, 2.05) is 17.9 Å². The number of hydrogen-bond acceptors (Lipinski definition) is 6. The first-order valence-electron chi connectivity index (χ1n) is 13.3. The molecule has 3 aliphatic rings. The second kappa shape index (κ2) is 11.0. The van der Waals surface area contributed by atoms with Crippen molar-refractivity contribution in [1.82, 2.24) is 20.1 Å². The normalized spacial score (nSPS) is 23.5. The van der Waals surface area contributed by atoms with E-state index in [4.69, 9.17) is 9.72 Å². The van der Waals surface area contributed by atoms with E-state index in [0.29, 0.717) is 25.4 Å². The Kier molecular flexibility index (Phi) is 7.55. The summed E-state index contributed by atoms with van der Waals surface area (Å²) < 4.78 is 7.75. The van der Waals surface area contributed by atoms with Crippen LogP contribution in [0.3, 0.4) is 0 Å². The Bertz CT molecular complexity index is 1090. The number of carbonyl (C=O) groups excluding carboxylic acids is 1. The first-order valence-corrected chi connectivity index (χ1v) is 13.3. The van der Waals surface area contributed by atoms with Gasteiger partial charge in [0.15, 0.2) is 0 Å². The monoisotopic (exact) mass is 495 g/mol. The van der Waals surface area contributed by atoms with Crippen molar-refractivity contribution < 1.29 is 19.4 Å². The van der Waals surface area contributed by atoms with E-state index in [-0.39, 0.29) is 24.3 Å². The van der Waals surface area contributed by atoms with Gasteiger partial charge >= 0.3 is 5.97 Å². The van der Waals surface area contributed by atoms with Crippen molar-refractivity contribution in [2.24, 2.45) is 18.9 Å². The highest BCUT2D eigenvalue weighted by molar-refractivity contribution is 5.85. The van der Waals surface area contributed by atoms with Gasteiger partial charge in [0.05, 0.1) is 12.3 Å². The molecule has 0 bridgehead atoms. The highest BCUT2D eigenvalue weighted by Crippen LogP contribution is 2.34. The minimum Gasteiger partial charge on any atom is -0.480 e. The fourth-order valence-electron chi connectivity index (χ4n) is 5.68. The summed E-state index contributed by atoms with van der Waals surface area (Å²) in [6.45, 7) is 1.34. The van der Waals surface area contributed by atoms with Crippen LogP contribution in [-0.2, 0) is 47.1 Å². The van der Waals surface area contributed by atoms with Gasteiger partial charge in [-0.15, -0.1) is 0 Å². The van der Waals surface area contributed by atoms with Crippen molar-refractivity contribution in [3.05, 3.63) is 40.8 Å². The van der Waals surface area contributed by atoms with Crippen molar-refractivity contribution in [2.45, 2.75) is 76.4 Å². The quantitative estimate of drug-likeness (QED) is 0.464. The molecule has 9 nitrogen and oxygen atoms in total. The number of anilines is 1. The van der Waals surface area contributed by atoms with Gasteiger partial charge in [-0.2, -0.15) is 5.10 Å². The summed E-state index contributed by atoms with van der Waals surface area (Å²) in [5.74, 6) is 0.257. The fourth-order valence-corrected chi connectivity index (χ4v) is 5.68. The first-order chi connectivity index (χ1) is 17.5. The Labute approximate surface area is 212 Å². The molecule has 36 heavy (non-hydrogen) atoms. The molecule has 2 aromatic rings. The van der Waals surface area contributed by atoms with E-state index in [2.05, 4.69) is 27.9 Å². The van der Waals surface area contributed by atoms with E-state index in [0.717, 1.165) is 62.3 Å². The smallest absolute Gasteiger partial charge is 0.326 e. The number of hydrogen-bond donors (Lipinski definition) is 3. The van der Waals surface area contributed by atoms with Gasteiger partial charge in [0.25, 0.3) is 0 Å². The van der Waals surface area contributed by atoms with Gasteiger partial charge in [0, 0.05) is 50.3 Å². The molecule has 0 spiro atoms. The van der Waals surface area contributed by atoms with Crippen LogP contribution in [0.5, 0.6) is 0 Å². The second-order valence-electron chi connectivity index (χ2n) is 10.6. The van der Waals surface area contributed by atoms with Gasteiger partial charge in [-0.05, 0) is 74.5 Å². The number of amides is 1. The lowest BCUT2D eigenvalue weighted by molar-refractivity contribution is -0.143. The van der Waals surface area contributed by atoms with Gasteiger partial charge < -0.3 is 20.5 Å². The predicted molar refractivity (Wildman–Crippen MR) is 135 cm³/mol. The maximum absolute atomic E-state index is 12.8. The van der Waals surface area contributed by atoms with Crippen LogP contribution in [-0.4, -0.2) is 57.0 Å². The van der Waals surface area contributed by atoms with Gasteiger partial charge in [-0.25, -0.2) is 9.78 Å². The van der Waals surface area contributed by atoms with Crippen LogP contribution in [0.4, 0.5) is 5.82 Å². The zero-order chi connectivity index (χ0) is 25.1. The average Bonchev–Trinajstić information content (AvgIpc) is 3.23. The molecule has 0 aromatic carbocycles.